The Morgan fingerprint density at radius 1 is 0.312 bits per heavy atom. The minimum atomic E-state index is 0.578. The van der Waals surface area contributed by atoms with Crippen molar-refractivity contribution in [3.8, 4) is 73.1 Å². The molecule has 4 nitrogen and oxygen atoms in total. The fraction of sp³-hybridized carbons (Fsp3) is 0. The van der Waals surface area contributed by atoms with E-state index >= 15 is 0 Å². The van der Waals surface area contributed by atoms with Crippen LogP contribution in [-0.4, -0.2) is 14.1 Å². The average Bonchev–Trinajstić information content (AvgIpc) is 3.88. The molecule has 3 aromatic heterocycles. The summed E-state index contributed by atoms with van der Waals surface area (Å²) in [6, 6.07) is 80.5. The van der Waals surface area contributed by atoms with Crippen LogP contribution in [0, 0.1) is 11.3 Å². The smallest absolute Gasteiger partial charge is 0.0998 e. The number of nitriles is 1. The van der Waals surface area contributed by atoms with Crippen molar-refractivity contribution in [2.45, 2.75) is 0 Å². The van der Waals surface area contributed by atoms with E-state index < -0.39 is 0 Å². The van der Waals surface area contributed by atoms with Gasteiger partial charge in [0.1, 0.15) is 0 Å². The molecule has 0 saturated carbocycles. The van der Waals surface area contributed by atoms with Crippen LogP contribution in [0.5, 0.6) is 0 Å². The first-order valence-electron chi connectivity index (χ1n) is 21.6. The van der Waals surface area contributed by atoms with Gasteiger partial charge < -0.3 is 9.13 Å². The van der Waals surface area contributed by atoms with Gasteiger partial charge in [0.2, 0.25) is 0 Å². The van der Waals surface area contributed by atoms with E-state index in [0.29, 0.717) is 5.56 Å². The Kier molecular flexibility index (Phi) is 8.84. The third kappa shape index (κ3) is 6.18. The number of rotatable bonds is 7. The zero-order valence-corrected chi connectivity index (χ0v) is 34.7. The van der Waals surface area contributed by atoms with E-state index in [1.54, 1.807) is 12.4 Å². The molecule has 12 aromatic rings. The van der Waals surface area contributed by atoms with Gasteiger partial charge in [-0.1, -0.05) is 170 Å². The second-order valence-electron chi connectivity index (χ2n) is 16.3. The molecule has 298 valence electrons. The molecule has 0 amide bonds. The van der Waals surface area contributed by atoms with Gasteiger partial charge in [0, 0.05) is 39.5 Å². The highest BCUT2D eigenvalue weighted by Gasteiger charge is 2.24. The van der Waals surface area contributed by atoms with Crippen molar-refractivity contribution >= 4 is 43.6 Å². The fourth-order valence-corrected chi connectivity index (χ4v) is 9.59. The van der Waals surface area contributed by atoms with E-state index in [1.165, 1.54) is 0 Å². The Morgan fingerprint density at radius 2 is 0.641 bits per heavy atom. The lowest BCUT2D eigenvalue weighted by atomic mass is 9.98. The Bertz CT molecular complexity index is 3560. The Labute approximate surface area is 370 Å². The highest BCUT2D eigenvalue weighted by atomic mass is 15.1. The zero-order chi connectivity index (χ0) is 42.6. The predicted octanol–water partition coefficient (Wildman–Crippen LogP) is 15.5. The third-order valence-corrected chi connectivity index (χ3v) is 12.7. The van der Waals surface area contributed by atoms with Crippen LogP contribution in [0.25, 0.3) is 111 Å². The standard InChI is InChI=1S/C60H38N4/c61-39-49-37-59(63-55-33-45(40-13-5-1-6-14-40)21-25-50(55)51-26-22-46(34-56(51)63)41-15-7-2-8-16-41)60(38-54(49)44-29-31-62-32-30-44)64-57-35-47(42-17-9-3-10-18-42)23-27-52(57)53-28-24-48(36-58(53)64)43-19-11-4-12-20-43/h1-38H. The maximum atomic E-state index is 11.1. The Hall–Kier alpha value is -8.78. The summed E-state index contributed by atoms with van der Waals surface area (Å²) in [7, 11) is 0. The summed E-state index contributed by atoms with van der Waals surface area (Å²) in [6.45, 7) is 0. The molecule has 0 N–H and O–H groups in total. The fourth-order valence-electron chi connectivity index (χ4n) is 9.59. The van der Waals surface area contributed by atoms with Crippen LogP contribution in [0.4, 0.5) is 0 Å². The lowest BCUT2D eigenvalue weighted by Gasteiger charge is -2.20. The molecule has 0 aliphatic rings. The molecule has 0 radical (unpaired) electrons. The summed E-state index contributed by atoms with van der Waals surface area (Å²) in [6.07, 6.45) is 3.60. The Balaban J connectivity index is 1.26. The highest BCUT2D eigenvalue weighted by Crippen LogP contribution is 2.44. The Morgan fingerprint density at radius 3 is 0.969 bits per heavy atom. The molecular formula is C60H38N4. The van der Waals surface area contributed by atoms with Crippen molar-refractivity contribution in [3.05, 3.63) is 236 Å². The number of pyridine rings is 1. The second kappa shape index (κ2) is 15.3. The molecule has 3 heterocycles. The summed E-state index contributed by atoms with van der Waals surface area (Å²) in [5, 5.41) is 15.7. The van der Waals surface area contributed by atoms with Crippen molar-refractivity contribution in [1.82, 2.24) is 14.1 Å². The molecular weight excluding hydrogens is 777 g/mol. The van der Waals surface area contributed by atoms with Crippen LogP contribution >= 0.6 is 0 Å². The minimum absolute atomic E-state index is 0.578. The van der Waals surface area contributed by atoms with Crippen molar-refractivity contribution in [2.24, 2.45) is 0 Å². The summed E-state index contributed by atoms with van der Waals surface area (Å²) in [5.74, 6) is 0. The van der Waals surface area contributed by atoms with Gasteiger partial charge >= 0.3 is 0 Å². The second-order valence-corrected chi connectivity index (χ2v) is 16.3. The van der Waals surface area contributed by atoms with Crippen LogP contribution in [0.15, 0.2) is 231 Å². The number of fused-ring (bicyclic) bond motifs is 6. The van der Waals surface area contributed by atoms with Crippen LogP contribution in [0.1, 0.15) is 5.56 Å². The minimum Gasteiger partial charge on any atom is -0.307 e. The van der Waals surface area contributed by atoms with Gasteiger partial charge in [0.15, 0.2) is 0 Å². The van der Waals surface area contributed by atoms with E-state index in [0.717, 1.165) is 111 Å². The lowest BCUT2D eigenvalue weighted by molar-refractivity contribution is 1.09. The van der Waals surface area contributed by atoms with Crippen molar-refractivity contribution < 1.29 is 0 Å². The molecule has 0 unspecified atom stereocenters. The number of benzene rings is 9. The number of hydrogen-bond acceptors (Lipinski definition) is 2. The molecule has 0 aliphatic heterocycles. The lowest BCUT2D eigenvalue weighted by Crippen LogP contribution is -2.06. The van der Waals surface area contributed by atoms with Gasteiger partial charge in [-0.15, -0.1) is 0 Å². The topological polar surface area (TPSA) is 46.5 Å². The molecule has 0 saturated heterocycles. The average molecular weight is 815 g/mol. The van der Waals surface area contributed by atoms with Gasteiger partial charge in [-0.2, -0.15) is 5.26 Å². The first-order chi connectivity index (χ1) is 31.7. The predicted molar refractivity (Wildman–Crippen MR) is 265 cm³/mol. The molecule has 0 atom stereocenters. The first-order valence-corrected chi connectivity index (χ1v) is 21.6. The van der Waals surface area contributed by atoms with Crippen molar-refractivity contribution in [2.75, 3.05) is 0 Å². The van der Waals surface area contributed by atoms with E-state index in [4.69, 9.17) is 0 Å². The van der Waals surface area contributed by atoms with E-state index in [1.807, 2.05) is 12.1 Å². The van der Waals surface area contributed by atoms with Gasteiger partial charge in [-0.05, 0) is 98.6 Å². The molecule has 64 heavy (non-hydrogen) atoms. The van der Waals surface area contributed by atoms with Crippen LogP contribution in [0.2, 0.25) is 0 Å². The van der Waals surface area contributed by atoms with E-state index in [9.17, 15) is 5.26 Å². The number of nitrogens with zero attached hydrogens (tertiary/aromatic N) is 4. The van der Waals surface area contributed by atoms with E-state index in [2.05, 4.69) is 226 Å². The molecule has 12 rings (SSSR count). The molecule has 0 bridgehead atoms. The maximum Gasteiger partial charge on any atom is 0.0998 e. The summed E-state index contributed by atoms with van der Waals surface area (Å²) in [5.41, 5.74) is 17.5. The summed E-state index contributed by atoms with van der Waals surface area (Å²) < 4.78 is 4.83. The monoisotopic (exact) mass is 814 g/mol. The summed E-state index contributed by atoms with van der Waals surface area (Å²) >= 11 is 0. The molecule has 9 aromatic carbocycles. The van der Waals surface area contributed by atoms with Gasteiger partial charge in [0.25, 0.3) is 0 Å². The number of hydrogen-bond donors (Lipinski definition) is 0. The van der Waals surface area contributed by atoms with Crippen LogP contribution in [0.3, 0.4) is 0 Å². The van der Waals surface area contributed by atoms with Crippen LogP contribution in [-0.2, 0) is 0 Å². The maximum absolute atomic E-state index is 11.1. The quantitative estimate of drug-likeness (QED) is 0.161. The largest absolute Gasteiger partial charge is 0.307 e. The highest BCUT2D eigenvalue weighted by molar-refractivity contribution is 6.14. The molecule has 0 fully saturated rings. The molecule has 0 spiro atoms. The SMILES string of the molecule is N#Cc1cc(-n2c3cc(-c4ccccc4)ccc3c3ccc(-c4ccccc4)cc32)c(-n2c3cc(-c4ccccc4)ccc3c3ccc(-c4ccccc4)cc32)cc1-c1ccncc1. The zero-order valence-electron chi connectivity index (χ0n) is 34.7. The first kappa shape index (κ1) is 37.0. The third-order valence-electron chi connectivity index (χ3n) is 12.7. The number of aromatic nitrogens is 3. The van der Waals surface area contributed by atoms with E-state index in [-0.39, 0.29) is 0 Å². The van der Waals surface area contributed by atoms with Crippen LogP contribution < -0.4 is 0 Å². The normalized spacial score (nSPS) is 11.4. The van der Waals surface area contributed by atoms with Gasteiger partial charge in [-0.25, -0.2) is 0 Å². The summed E-state index contributed by atoms with van der Waals surface area (Å²) in [4.78, 5) is 4.36. The molecule has 4 heteroatoms. The van der Waals surface area contributed by atoms with Gasteiger partial charge in [0.05, 0.1) is 45.1 Å². The van der Waals surface area contributed by atoms with Gasteiger partial charge in [-0.3, -0.25) is 4.98 Å². The molecule has 0 aliphatic carbocycles. The van der Waals surface area contributed by atoms with Crippen molar-refractivity contribution in [1.29, 1.82) is 5.26 Å². The van der Waals surface area contributed by atoms with Crippen molar-refractivity contribution in [3.63, 3.8) is 0 Å².